The molecular weight excluding hydrogens is 518 g/mol. The van der Waals surface area contributed by atoms with Crippen molar-refractivity contribution in [2.24, 2.45) is 0 Å². The van der Waals surface area contributed by atoms with E-state index in [1.165, 1.54) is 59.9 Å². The molecule has 40 heavy (non-hydrogen) atoms. The van der Waals surface area contributed by atoms with Crippen LogP contribution in [0.5, 0.6) is 0 Å². The van der Waals surface area contributed by atoms with Crippen molar-refractivity contribution < 1.29 is 0 Å². The Bertz CT molecular complexity index is 1550. The molecule has 0 bridgehead atoms. The number of hydrogen-bond acceptors (Lipinski definition) is 0. The van der Waals surface area contributed by atoms with Gasteiger partial charge in [0.2, 0.25) is 0 Å². The molecule has 2 heteroatoms. The summed E-state index contributed by atoms with van der Waals surface area (Å²) >= 11 is 0. The topological polar surface area (TPSA) is 0 Å². The van der Waals surface area contributed by atoms with Gasteiger partial charge in [0.05, 0.1) is 0 Å². The molecule has 0 amide bonds. The first kappa shape index (κ1) is 28.5. The van der Waals surface area contributed by atoms with Crippen molar-refractivity contribution in [1.29, 1.82) is 0 Å². The van der Waals surface area contributed by atoms with Crippen LogP contribution in [0.15, 0.2) is 115 Å². The van der Waals surface area contributed by atoms with Gasteiger partial charge in [-0.05, 0) is 97.5 Å². The highest BCUT2D eigenvalue weighted by molar-refractivity contribution is 7.80. The maximum atomic E-state index is 2.41. The molecule has 0 N–H and O–H groups in total. The predicted octanol–water partition coefficient (Wildman–Crippen LogP) is 8.58. The Balaban J connectivity index is 1.82. The van der Waals surface area contributed by atoms with E-state index in [2.05, 4.69) is 164 Å². The summed E-state index contributed by atoms with van der Waals surface area (Å²) in [6.45, 7) is 16.2. The number of hydrogen-bond donors (Lipinski definition) is 0. The van der Waals surface area contributed by atoms with Crippen LogP contribution in [0.25, 0.3) is 11.1 Å². The fraction of sp³-hybridized carbons (Fsp3) is 0.211. The molecule has 5 aromatic rings. The van der Waals surface area contributed by atoms with E-state index in [1.54, 1.807) is 0 Å². The summed E-state index contributed by atoms with van der Waals surface area (Å²) < 4.78 is 0. The SMILES string of the molecule is Cc1ccc(P(c2ccc(C)cc2)c2cccc(C)c2-c2c(C)cccc2P(c2ccccc2)C(C)(C)C)cc1. The van der Waals surface area contributed by atoms with Crippen molar-refractivity contribution in [1.82, 2.24) is 0 Å². The van der Waals surface area contributed by atoms with Crippen LogP contribution in [-0.4, -0.2) is 5.16 Å². The van der Waals surface area contributed by atoms with Crippen molar-refractivity contribution >= 4 is 42.4 Å². The highest BCUT2D eigenvalue weighted by Gasteiger charge is 2.32. The third kappa shape index (κ3) is 5.86. The molecule has 1 atom stereocenters. The van der Waals surface area contributed by atoms with Crippen molar-refractivity contribution in [3.63, 3.8) is 0 Å². The molecular formula is C38H40P2. The lowest BCUT2D eigenvalue weighted by molar-refractivity contribution is 0.793. The summed E-state index contributed by atoms with van der Waals surface area (Å²) in [7, 11) is -1.36. The van der Waals surface area contributed by atoms with Gasteiger partial charge >= 0.3 is 0 Å². The second-order valence-corrected chi connectivity index (χ2v) is 17.0. The number of rotatable bonds is 6. The van der Waals surface area contributed by atoms with Gasteiger partial charge in [-0.25, -0.2) is 0 Å². The van der Waals surface area contributed by atoms with Gasteiger partial charge in [0.1, 0.15) is 0 Å². The van der Waals surface area contributed by atoms with Crippen molar-refractivity contribution in [2.75, 3.05) is 0 Å². The molecule has 0 radical (unpaired) electrons. The van der Waals surface area contributed by atoms with Crippen LogP contribution in [0.4, 0.5) is 0 Å². The maximum absolute atomic E-state index is 2.41. The van der Waals surface area contributed by atoms with E-state index < -0.39 is 15.8 Å². The Morgan fingerprint density at radius 1 is 0.425 bits per heavy atom. The van der Waals surface area contributed by atoms with Crippen LogP contribution in [-0.2, 0) is 0 Å². The van der Waals surface area contributed by atoms with Crippen LogP contribution in [0.3, 0.4) is 0 Å². The lowest BCUT2D eigenvalue weighted by atomic mass is 9.96. The largest absolute Gasteiger partial charge is 0.0622 e. The van der Waals surface area contributed by atoms with Crippen LogP contribution < -0.4 is 26.5 Å². The van der Waals surface area contributed by atoms with Gasteiger partial charge < -0.3 is 0 Å². The van der Waals surface area contributed by atoms with Crippen molar-refractivity contribution in [3.05, 3.63) is 138 Å². The van der Waals surface area contributed by atoms with Gasteiger partial charge in [-0.3, -0.25) is 0 Å². The molecule has 0 aliphatic heterocycles. The second-order valence-electron chi connectivity index (χ2n) is 11.8. The fourth-order valence-corrected chi connectivity index (χ4v) is 11.1. The first-order chi connectivity index (χ1) is 19.1. The molecule has 0 saturated carbocycles. The van der Waals surface area contributed by atoms with Crippen LogP contribution in [0, 0.1) is 27.7 Å². The average Bonchev–Trinajstić information content (AvgIpc) is 2.92. The molecule has 0 saturated heterocycles. The van der Waals surface area contributed by atoms with E-state index in [0.29, 0.717) is 0 Å². The molecule has 0 spiro atoms. The molecule has 5 aromatic carbocycles. The fourth-order valence-electron chi connectivity index (χ4n) is 5.61. The molecule has 202 valence electrons. The van der Waals surface area contributed by atoms with Crippen LogP contribution in [0.1, 0.15) is 43.0 Å². The number of aryl methyl sites for hydroxylation is 4. The standard InChI is InChI=1S/C38H40P2/c1-27-19-23-31(24-20-27)39(32-25-21-28(2)22-26-32)34-17-11-13-29(3)36(34)37-30(4)14-12-18-35(37)40(38(5,6)7)33-15-9-8-10-16-33/h8-26H,1-7H3. The van der Waals surface area contributed by atoms with Gasteiger partial charge in [-0.1, -0.05) is 147 Å². The van der Waals surface area contributed by atoms with E-state index in [0.717, 1.165) is 0 Å². The average molecular weight is 559 g/mol. The predicted molar refractivity (Wildman–Crippen MR) is 182 cm³/mol. The minimum atomic E-state index is -0.751. The van der Waals surface area contributed by atoms with Crippen LogP contribution >= 0.6 is 15.8 Å². The third-order valence-corrected chi connectivity index (χ3v) is 13.0. The molecule has 1 unspecified atom stereocenters. The Labute approximate surface area is 244 Å². The summed E-state index contributed by atoms with van der Waals surface area (Å²) in [5, 5.41) is 7.26. The zero-order valence-electron chi connectivity index (χ0n) is 24.9. The van der Waals surface area contributed by atoms with E-state index in [4.69, 9.17) is 0 Å². The Hall–Kier alpha value is -3.04. The first-order valence-corrected chi connectivity index (χ1v) is 16.8. The lowest BCUT2D eigenvalue weighted by Gasteiger charge is -2.35. The molecule has 0 heterocycles. The zero-order valence-corrected chi connectivity index (χ0v) is 26.7. The first-order valence-electron chi connectivity index (χ1n) is 14.1. The summed E-state index contributed by atoms with van der Waals surface area (Å²) in [6.07, 6.45) is 0. The van der Waals surface area contributed by atoms with E-state index in [-0.39, 0.29) is 5.16 Å². The monoisotopic (exact) mass is 558 g/mol. The molecule has 0 aliphatic rings. The van der Waals surface area contributed by atoms with E-state index >= 15 is 0 Å². The minimum Gasteiger partial charge on any atom is -0.0622 e. The van der Waals surface area contributed by atoms with Gasteiger partial charge in [0.25, 0.3) is 0 Å². The smallest absolute Gasteiger partial charge is 0.00618 e. The highest BCUT2D eigenvalue weighted by atomic mass is 31.1. The van der Waals surface area contributed by atoms with E-state index in [9.17, 15) is 0 Å². The third-order valence-electron chi connectivity index (χ3n) is 7.50. The molecule has 0 aliphatic carbocycles. The summed E-state index contributed by atoms with van der Waals surface area (Å²) in [5.41, 5.74) is 8.13. The molecule has 5 rings (SSSR count). The van der Waals surface area contributed by atoms with E-state index in [1.807, 2.05) is 0 Å². The quantitative estimate of drug-likeness (QED) is 0.183. The normalized spacial score (nSPS) is 12.5. The summed E-state index contributed by atoms with van der Waals surface area (Å²) in [4.78, 5) is 0. The molecule has 0 fully saturated rings. The molecule has 0 nitrogen and oxygen atoms in total. The van der Waals surface area contributed by atoms with Gasteiger partial charge in [-0.15, -0.1) is 0 Å². The Kier molecular flexibility index (Phi) is 8.42. The molecule has 0 aromatic heterocycles. The maximum Gasteiger partial charge on any atom is -0.00618 e. The Morgan fingerprint density at radius 2 is 0.875 bits per heavy atom. The van der Waals surface area contributed by atoms with Crippen molar-refractivity contribution in [2.45, 2.75) is 53.6 Å². The zero-order chi connectivity index (χ0) is 28.4. The van der Waals surface area contributed by atoms with Gasteiger partial charge in [0.15, 0.2) is 0 Å². The van der Waals surface area contributed by atoms with Gasteiger partial charge in [-0.2, -0.15) is 0 Å². The van der Waals surface area contributed by atoms with Gasteiger partial charge in [0, 0.05) is 0 Å². The summed E-state index contributed by atoms with van der Waals surface area (Å²) in [5.74, 6) is 0. The number of benzene rings is 5. The minimum absolute atomic E-state index is 0.112. The second kappa shape index (κ2) is 11.8. The lowest BCUT2D eigenvalue weighted by Crippen LogP contribution is -2.29. The highest BCUT2D eigenvalue weighted by Crippen LogP contribution is 2.50. The van der Waals surface area contributed by atoms with Crippen LogP contribution in [0.2, 0.25) is 0 Å². The van der Waals surface area contributed by atoms with Crippen molar-refractivity contribution in [3.8, 4) is 11.1 Å². The Morgan fingerprint density at radius 3 is 1.35 bits per heavy atom. The summed E-state index contributed by atoms with van der Waals surface area (Å²) in [6, 6.07) is 43.5.